The Labute approximate surface area is 122 Å². The third kappa shape index (κ3) is 2.74. The minimum absolute atomic E-state index is 0.0403. The number of rotatable bonds is 4. The molecule has 1 amide bonds. The largest absolute Gasteiger partial charge is 0.482 e. The molecule has 2 rings (SSSR count). The van der Waals surface area contributed by atoms with E-state index in [0.717, 1.165) is 0 Å². The zero-order valence-electron chi connectivity index (χ0n) is 12.2. The summed E-state index contributed by atoms with van der Waals surface area (Å²) in [6, 6.07) is 4.10. The lowest BCUT2D eigenvalue weighted by atomic mass is 10.1. The second kappa shape index (κ2) is 5.95. The van der Waals surface area contributed by atoms with Crippen molar-refractivity contribution in [3.63, 3.8) is 0 Å². The molecule has 0 bridgehead atoms. The highest BCUT2D eigenvalue weighted by molar-refractivity contribution is 6.04. The van der Waals surface area contributed by atoms with Gasteiger partial charge < -0.3 is 9.47 Å². The molecule has 0 saturated heterocycles. The van der Waals surface area contributed by atoms with Crippen molar-refractivity contribution >= 4 is 23.3 Å². The second-order valence-electron chi connectivity index (χ2n) is 4.71. The molecule has 21 heavy (non-hydrogen) atoms. The van der Waals surface area contributed by atoms with E-state index in [1.165, 1.54) is 12.0 Å². The number of esters is 1. The average Bonchev–Trinajstić information content (AvgIpc) is 2.51. The van der Waals surface area contributed by atoms with Gasteiger partial charge in [-0.15, -0.1) is 0 Å². The first-order chi connectivity index (χ1) is 9.99. The van der Waals surface area contributed by atoms with Gasteiger partial charge in [0.05, 0.1) is 12.8 Å². The predicted molar refractivity (Wildman–Crippen MR) is 75.5 cm³/mol. The number of Topliss-reactive ketones (excluding diaryl/α,β-unsaturated/α-hetero) is 1. The van der Waals surface area contributed by atoms with Gasteiger partial charge in [0.25, 0.3) is 5.91 Å². The quantitative estimate of drug-likeness (QED) is 0.622. The number of methoxy groups -OCH3 is 1. The summed E-state index contributed by atoms with van der Waals surface area (Å²) in [4.78, 5) is 36.9. The van der Waals surface area contributed by atoms with E-state index in [0.29, 0.717) is 23.4 Å². The van der Waals surface area contributed by atoms with Crippen LogP contribution in [-0.2, 0) is 14.3 Å². The molecule has 1 aromatic rings. The van der Waals surface area contributed by atoms with E-state index >= 15 is 0 Å². The molecule has 0 aliphatic carbocycles. The molecule has 0 radical (unpaired) electrons. The molecule has 1 aromatic carbocycles. The number of carbonyl (C=O) groups is 3. The number of anilines is 1. The van der Waals surface area contributed by atoms with Crippen LogP contribution in [0.4, 0.5) is 5.69 Å². The SMILES string of the molecule is CCC(=O)c1ccc2c(c1)N(C(C)C(=O)OC)C(=O)CO2. The van der Waals surface area contributed by atoms with E-state index in [9.17, 15) is 14.4 Å². The summed E-state index contributed by atoms with van der Waals surface area (Å²) in [5.41, 5.74) is 0.903. The van der Waals surface area contributed by atoms with E-state index < -0.39 is 12.0 Å². The van der Waals surface area contributed by atoms with Gasteiger partial charge in [0.15, 0.2) is 12.4 Å². The number of carbonyl (C=O) groups excluding carboxylic acids is 3. The Morgan fingerprint density at radius 2 is 2.14 bits per heavy atom. The maximum absolute atomic E-state index is 12.1. The monoisotopic (exact) mass is 291 g/mol. The summed E-state index contributed by atoms with van der Waals surface area (Å²) in [6.45, 7) is 3.20. The topological polar surface area (TPSA) is 72.9 Å². The Kier molecular flexibility index (Phi) is 4.26. The van der Waals surface area contributed by atoms with Crippen LogP contribution in [-0.4, -0.2) is 37.4 Å². The first-order valence-corrected chi connectivity index (χ1v) is 6.69. The van der Waals surface area contributed by atoms with Crippen LogP contribution in [0.2, 0.25) is 0 Å². The van der Waals surface area contributed by atoms with E-state index in [2.05, 4.69) is 4.74 Å². The molecule has 1 aliphatic rings. The van der Waals surface area contributed by atoms with Gasteiger partial charge in [-0.1, -0.05) is 6.92 Å². The van der Waals surface area contributed by atoms with Crippen LogP contribution in [0, 0.1) is 0 Å². The summed E-state index contributed by atoms with van der Waals surface area (Å²) in [7, 11) is 1.27. The molecule has 6 nitrogen and oxygen atoms in total. The third-order valence-corrected chi connectivity index (χ3v) is 3.41. The van der Waals surface area contributed by atoms with Crippen LogP contribution < -0.4 is 9.64 Å². The molecule has 0 spiro atoms. The summed E-state index contributed by atoms with van der Waals surface area (Å²) in [5, 5.41) is 0. The Balaban J connectivity index is 2.47. The van der Waals surface area contributed by atoms with Crippen molar-refractivity contribution in [3.8, 4) is 5.75 Å². The molecule has 112 valence electrons. The molecule has 1 atom stereocenters. The molecular weight excluding hydrogens is 274 g/mol. The number of benzene rings is 1. The Morgan fingerprint density at radius 1 is 1.43 bits per heavy atom. The minimum Gasteiger partial charge on any atom is -0.482 e. The van der Waals surface area contributed by atoms with Gasteiger partial charge in [0.2, 0.25) is 0 Å². The molecule has 0 aromatic heterocycles. The van der Waals surface area contributed by atoms with Crippen molar-refractivity contribution in [2.45, 2.75) is 26.3 Å². The van der Waals surface area contributed by atoms with Gasteiger partial charge in [-0.05, 0) is 25.1 Å². The summed E-state index contributed by atoms with van der Waals surface area (Å²) in [6.07, 6.45) is 0.361. The molecule has 0 fully saturated rings. The summed E-state index contributed by atoms with van der Waals surface area (Å²) < 4.78 is 10.0. The Hall–Kier alpha value is -2.37. The van der Waals surface area contributed by atoms with Crippen LogP contribution >= 0.6 is 0 Å². The van der Waals surface area contributed by atoms with Gasteiger partial charge in [-0.3, -0.25) is 14.5 Å². The van der Waals surface area contributed by atoms with E-state index in [4.69, 9.17) is 4.74 Å². The molecule has 0 N–H and O–H groups in total. The standard InChI is InChI=1S/C15H17NO5/c1-4-12(17)10-5-6-13-11(7-10)16(14(18)8-21-13)9(2)15(19)20-3/h5-7,9H,4,8H2,1-3H3. The summed E-state index contributed by atoms with van der Waals surface area (Å²) in [5.74, 6) is -0.440. The molecule has 1 heterocycles. The fraction of sp³-hybridized carbons (Fsp3) is 0.400. The summed E-state index contributed by atoms with van der Waals surface area (Å²) >= 11 is 0. The lowest BCUT2D eigenvalue weighted by molar-refractivity contribution is -0.143. The highest BCUT2D eigenvalue weighted by Gasteiger charge is 2.34. The van der Waals surface area contributed by atoms with Crippen LogP contribution in [0.3, 0.4) is 0 Å². The van der Waals surface area contributed by atoms with Gasteiger partial charge in [0, 0.05) is 12.0 Å². The highest BCUT2D eigenvalue weighted by Crippen LogP contribution is 2.34. The number of nitrogens with zero attached hydrogens (tertiary/aromatic N) is 1. The normalized spacial score (nSPS) is 15.0. The Bertz CT molecular complexity index is 596. The highest BCUT2D eigenvalue weighted by atomic mass is 16.5. The first-order valence-electron chi connectivity index (χ1n) is 6.69. The van der Waals surface area contributed by atoms with Crippen LogP contribution in [0.5, 0.6) is 5.75 Å². The lowest BCUT2D eigenvalue weighted by Crippen LogP contribution is -2.48. The minimum atomic E-state index is -0.780. The zero-order valence-corrected chi connectivity index (χ0v) is 12.2. The number of hydrogen-bond donors (Lipinski definition) is 0. The van der Waals surface area contributed by atoms with Crippen LogP contribution in [0.25, 0.3) is 0 Å². The van der Waals surface area contributed by atoms with Gasteiger partial charge >= 0.3 is 5.97 Å². The van der Waals surface area contributed by atoms with E-state index in [1.807, 2.05) is 0 Å². The van der Waals surface area contributed by atoms with Crippen LogP contribution in [0.1, 0.15) is 30.6 Å². The first kappa shape index (κ1) is 15.0. The zero-order chi connectivity index (χ0) is 15.6. The van der Waals surface area contributed by atoms with Crippen LogP contribution in [0.15, 0.2) is 18.2 Å². The lowest BCUT2D eigenvalue weighted by Gasteiger charge is -2.32. The van der Waals surface area contributed by atoms with Gasteiger partial charge in [-0.2, -0.15) is 0 Å². The smallest absolute Gasteiger partial charge is 0.328 e. The number of hydrogen-bond acceptors (Lipinski definition) is 5. The predicted octanol–water partition coefficient (Wildman–Crippen LogP) is 1.57. The number of ketones is 1. The van der Waals surface area contributed by atoms with Crippen molar-refractivity contribution in [1.82, 2.24) is 0 Å². The van der Waals surface area contributed by atoms with Crippen molar-refractivity contribution in [1.29, 1.82) is 0 Å². The fourth-order valence-corrected chi connectivity index (χ4v) is 2.25. The maximum Gasteiger partial charge on any atom is 0.328 e. The number of fused-ring (bicyclic) bond motifs is 1. The fourth-order valence-electron chi connectivity index (χ4n) is 2.25. The van der Waals surface area contributed by atoms with Crippen molar-refractivity contribution < 1.29 is 23.9 Å². The number of ether oxygens (including phenoxy) is 2. The number of amides is 1. The molecule has 0 saturated carbocycles. The second-order valence-corrected chi connectivity index (χ2v) is 4.71. The molecule has 6 heteroatoms. The van der Waals surface area contributed by atoms with Crippen molar-refractivity contribution in [2.75, 3.05) is 18.6 Å². The van der Waals surface area contributed by atoms with Gasteiger partial charge in [-0.25, -0.2) is 4.79 Å². The van der Waals surface area contributed by atoms with E-state index in [1.54, 1.807) is 32.0 Å². The Morgan fingerprint density at radius 3 is 2.76 bits per heavy atom. The van der Waals surface area contributed by atoms with Gasteiger partial charge in [0.1, 0.15) is 11.8 Å². The molecular formula is C15H17NO5. The van der Waals surface area contributed by atoms with Crippen molar-refractivity contribution in [3.05, 3.63) is 23.8 Å². The molecule has 1 unspecified atom stereocenters. The average molecular weight is 291 g/mol. The maximum atomic E-state index is 12.1. The molecule has 1 aliphatic heterocycles. The van der Waals surface area contributed by atoms with Crippen molar-refractivity contribution in [2.24, 2.45) is 0 Å². The van der Waals surface area contributed by atoms with E-state index in [-0.39, 0.29) is 18.3 Å². The third-order valence-electron chi connectivity index (χ3n) is 3.41.